The lowest BCUT2D eigenvalue weighted by Gasteiger charge is -2.09. The number of benzene rings is 1. The van der Waals surface area contributed by atoms with Crippen LogP contribution in [0.1, 0.15) is 16.2 Å². The van der Waals surface area contributed by atoms with Crippen LogP contribution in [0.5, 0.6) is 5.75 Å². The monoisotopic (exact) mass is 393 g/mol. The Morgan fingerprint density at radius 2 is 2.15 bits per heavy atom. The number of methoxy groups -OCH3 is 1. The molecule has 26 heavy (non-hydrogen) atoms. The van der Waals surface area contributed by atoms with Crippen molar-refractivity contribution >= 4 is 27.1 Å². The largest absolute Gasteiger partial charge is 0.495 e. The van der Waals surface area contributed by atoms with Gasteiger partial charge >= 0.3 is 0 Å². The van der Waals surface area contributed by atoms with Crippen LogP contribution in [0.3, 0.4) is 0 Å². The molecule has 0 saturated carbocycles. The van der Waals surface area contributed by atoms with Gasteiger partial charge in [0.15, 0.2) is 9.84 Å². The number of hydrogen-bond acceptors (Lipinski definition) is 8. The van der Waals surface area contributed by atoms with Crippen molar-refractivity contribution in [1.29, 1.82) is 0 Å². The van der Waals surface area contributed by atoms with E-state index in [9.17, 15) is 13.2 Å². The summed E-state index contributed by atoms with van der Waals surface area (Å²) in [4.78, 5) is 17.3. The van der Waals surface area contributed by atoms with Gasteiger partial charge in [0.25, 0.3) is 5.91 Å². The van der Waals surface area contributed by atoms with E-state index in [0.29, 0.717) is 5.82 Å². The number of amides is 1. The summed E-state index contributed by atoms with van der Waals surface area (Å²) in [5, 5.41) is 8.38. The molecule has 0 aliphatic carbocycles. The first-order valence-electron chi connectivity index (χ1n) is 7.41. The summed E-state index contributed by atoms with van der Waals surface area (Å²) in [5.74, 6) is 0.418. The molecule has 0 aliphatic rings. The third kappa shape index (κ3) is 3.92. The average molecular weight is 393 g/mol. The van der Waals surface area contributed by atoms with Crippen LogP contribution >= 0.6 is 11.3 Å². The number of rotatable bonds is 6. The number of nitrogens with one attached hydrogen (secondary N) is 1. The second-order valence-electron chi connectivity index (χ2n) is 5.31. The zero-order valence-corrected chi connectivity index (χ0v) is 15.6. The van der Waals surface area contributed by atoms with Crippen molar-refractivity contribution in [2.24, 2.45) is 0 Å². The van der Waals surface area contributed by atoms with Crippen molar-refractivity contribution in [3.05, 3.63) is 47.2 Å². The fourth-order valence-electron chi connectivity index (χ4n) is 2.20. The van der Waals surface area contributed by atoms with Crippen LogP contribution in [0.4, 0.5) is 0 Å². The van der Waals surface area contributed by atoms with Gasteiger partial charge in [0.2, 0.25) is 11.7 Å². The molecule has 136 valence electrons. The highest BCUT2D eigenvalue weighted by molar-refractivity contribution is 7.90. The molecular formula is C16H15N3O5S2. The van der Waals surface area contributed by atoms with Crippen molar-refractivity contribution in [2.75, 3.05) is 13.4 Å². The van der Waals surface area contributed by atoms with Crippen molar-refractivity contribution < 1.29 is 22.5 Å². The molecule has 0 fully saturated rings. The van der Waals surface area contributed by atoms with Crippen molar-refractivity contribution in [3.63, 3.8) is 0 Å². The highest BCUT2D eigenvalue weighted by Crippen LogP contribution is 2.25. The van der Waals surface area contributed by atoms with E-state index < -0.39 is 15.7 Å². The number of thiophene rings is 1. The van der Waals surface area contributed by atoms with Gasteiger partial charge in [0.05, 0.1) is 18.5 Å². The minimum absolute atomic E-state index is 0.0252. The molecular weight excluding hydrogens is 378 g/mol. The SMILES string of the molecule is COc1ccc(C(=O)NCc2nc(-c3cccs3)no2)cc1S(C)(=O)=O. The zero-order valence-electron chi connectivity index (χ0n) is 13.9. The number of ether oxygens (including phenoxy) is 1. The third-order valence-corrected chi connectivity index (χ3v) is 5.42. The highest BCUT2D eigenvalue weighted by Gasteiger charge is 2.18. The lowest BCUT2D eigenvalue weighted by atomic mass is 10.2. The molecule has 0 radical (unpaired) electrons. The van der Waals surface area contributed by atoms with E-state index in [2.05, 4.69) is 15.5 Å². The van der Waals surface area contributed by atoms with Gasteiger partial charge in [-0.1, -0.05) is 11.2 Å². The van der Waals surface area contributed by atoms with E-state index in [1.54, 1.807) is 0 Å². The zero-order chi connectivity index (χ0) is 18.7. The fourth-order valence-corrected chi connectivity index (χ4v) is 3.71. The Bertz CT molecular complexity index is 1030. The van der Waals surface area contributed by atoms with Gasteiger partial charge in [-0.2, -0.15) is 4.98 Å². The first-order chi connectivity index (χ1) is 12.4. The van der Waals surface area contributed by atoms with Gasteiger partial charge in [-0.15, -0.1) is 11.3 Å². The molecule has 0 bridgehead atoms. The van der Waals surface area contributed by atoms with Crippen LogP contribution in [0.25, 0.3) is 10.7 Å². The Labute approximate surface area is 153 Å². The second-order valence-corrected chi connectivity index (χ2v) is 8.24. The van der Waals surface area contributed by atoms with Crippen LogP contribution in [0, 0.1) is 0 Å². The van der Waals surface area contributed by atoms with Gasteiger partial charge in [-0.25, -0.2) is 8.42 Å². The second kappa shape index (κ2) is 7.26. The number of carbonyl (C=O) groups is 1. The first-order valence-corrected chi connectivity index (χ1v) is 10.2. The molecule has 1 aromatic carbocycles. The van der Waals surface area contributed by atoms with Gasteiger partial charge in [0.1, 0.15) is 10.6 Å². The minimum atomic E-state index is -3.54. The quantitative estimate of drug-likeness (QED) is 0.683. The first kappa shape index (κ1) is 18.1. The standard InChI is InChI=1S/C16H15N3O5S2/c1-23-11-6-5-10(8-13(11)26(2,21)22)16(20)17-9-14-18-15(19-24-14)12-4-3-7-25-12/h3-8H,9H2,1-2H3,(H,17,20). The fraction of sp³-hybridized carbons (Fsp3) is 0.188. The third-order valence-electron chi connectivity index (χ3n) is 3.44. The predicted molar refractivity (Wildman–Crippen MR) is 94.9 cm³/mol. The Kier molecular flexibility index (Phi) is 5.05. The molecule has 0 spiro atoms. The van der Waals surface area contributed by atoms with E-state index in [0.717, 1.165) is 11.1 Å². The normalized spacial score (nSPS) is 11.3. The van der Waals surface area contributed by atoms with Crippen molar-refractivity contribution in [1.82, 2.24) is 15.5 Å². The molecule has 2 aromatic heterocycles. The summed E-state index contributed by atoms with van der Waals surface area (Å²) >= 11 is 1.48. The lowest BCUT2D eigenvalue weighted by Crippen LogP contribution is -2.23. The molecule has 3 rings (SSSR count). The maximum atomic E-state index is 12.3. The number of hydrogen-bond donors (Lipinski definition) is 1. The van der Waals surface area contributed by atoms with E-state index in [-0.39, 0.29) is 28.6 Å². The van der Waals surface area contributed by atoms with Crippen LogP contribution in [-0.2, 0) is 16.4 Å². The number of aromatic nitrogens is 2. The maximum absolute atomic E-state index is 12.3. The van der Waals surface area contributed by atoms with E-state index >= 15 is 0 Å². The summed E-state index contributed by atoms with van der Waals surface area (Å²) in [7, 11) is -2.17. The van der Waals surface area contributed by atoms with Crippen molar-refractivity contribution in [3.8, 4) is 16.5 Å². The van der Waals surface area contributed by atoms with Crippen LogP contribution in [-0.4, -0.2) is 37.8 Å². The lowest BCUT2D eigenvalue weighted by molar-refractivity contribution is 0.0946. The molecule has 1 amide bonds. The summed E-state index contributed by atoms with van der Waals surface area (Å²) in [6, 6.07) is 7.93. The molecule has 0 unspecified atom stereocenters. The molecule has 3 aromatic rings. The molecule has 0 atom stereocenters. The van der Waals surface area contributed by atoms with Gasteiger partial charge in [-0.05, 0) is 29.6 Å². The molecule has 8 nitrogen and oxygen atoms in total. The van der Waals surface area contributed by atoms with Crippen LogP contribution < -0.4 is 10.1 Å². The van der Waals surface area contributed by atoms with Gasteiger partial charge in [0, 0.05) is 11.8 Å². The number of sulfone groups is 1. The van der Waals surface area contributed by atoms with Gasteiger partial charge in [-0.3, -0.25) is 4.79 Å². The summed E-state index contributed by atoms with van der Waals surface area (Å²) < 4.78 is 33.8. The minimum Gasteiger partial charge on any atom is -0.495 e. The number of nitrogens with zero attached hydrogens (tertiary/aromatic N) is 2. The average Bonchev–Trinajstić information content (AvgIpc) is 3.29. The van der Waals surface area contributed by atoms with Gasteiger partial charge < -0.3 is 14.6 Å². The Morgan fingerprint density at radius 1 is 1.35 bits per heavy atom. The highest BCUT2D eigenvalue weighted by atomic mass is 32.2. The molecule has 1 N–H and O–H groups in total. The Balaban J connectivity index is 1.73. The maximum Gasteiger partial charge on any atom is 0.251 e. The summed E-state index contributed by atoms with van der Waals surface area (Å²) in [6.07, 6.45) is 1.05. The molecule has 0 saturated heterocycles. The smallest absolute Gasteiger partial charge is 0.251 e. The Hall–Kier alpha value is -2.72. The molecule has 0 aliphatic heterocycles. The van der Waals surface area contributed by atoms with Crippen molar-refractivity contribution in [2.45, 2.75) is 11.4 Å². The predicted octanol–water partition coefficient (Wildman–Crippen LogP) is 2.14. The molecule has 2 heterocycles. The summed E-state index contributed by atoms with van der Waals surface area (Å²) in [5.41, 5.74) is 0.184. The number of carbonyl (C=O) groups excluding carboxylic acids is 1. The van der Waals surface area contributed by atoms with E-state index in [4.69, 9.17) is 9.26 Å². The van der Waals surface area contributed by atoms with E-state index in [1.807, 2.05) is 17.5 Å². The summed E-state index contributed by atoms with van der Waals surface area (Å²) in [6.45, 7) is 0.0252. The van der Waals surface area contributed by atoms with Crippen LogP contribution in [0.2, 0.25) is 0 Å². The topological polar surface area (TPSA) is 111 Å². The Morgan fingerprint density at radius 3 is 2.81 bits per heavy atom. The van der Waals surface area contributed by atoms with E-state index in [1.165, 1.54) is 36.6 Å². The van der Waals surface area contributed by atoms with Crippen LogP contribution in [0.15, 0.2) is 45.1 Å². The molecule has 10 heteroatoms.